The molecule has 1 heterocycles. The molecule has 0 aliphatic heterocycles. The molecule has 1 N–H and O–H groups in total. The second-order valence-electron chi connectivity index (χ2n) is 4.65. The molecule has 16 heavy (non-hydrogen) atoms. The average Bonchev–Trinajstić information content (AvgIpc) is 2.49. The van der Waals surface area contributed by atoms with Crippen LogP contribution in [0.3, 0.4) is 0 Å². The van der Waals surface area contributed by atoms with E-state index in [9.17, 15) is 13.2 Å². The molecule has 0 amide bonds. The minimum Gasteiger partial charge on any atom is -0.357 e. The molecule has 0 saturated heterocycles. The van der Waals surface area contributed by atoms with Crippen LogP contribution < -0.4 is 5.32 Å². The van der Waals surface area contributed by atoms with Crippen LogP contribution in [0.15, 0.2) is 0 Å². The monoisotopic (exact) mass is 253 g/mol. The summed E-state index contributed by atoms with van der Waals surface area (Å²) in [6.07, 6.45) is -4.47. The molecule has 0 fully saturated rings. The van der Waals surface area contributed by atoms with Gasteiger partial charge in [-0.3, -0.25) is 0 Å². The van der Waals surface area contributed by atoms with Crippen LogP contribution in [0, 0.1) is 5.41 Å². The van der Waals surface area contributed by atoms with Crippen molar-refractivity contribution >= 4 is 16.7 Å². The van der Waals surface area contributed by atoms with Gasteiger partial charge in [-0.25, -0.2) is 0 Å². The van der Waals surface area contributed by atoms with E-state index in [1.165, 1.54) is 0 Å². The second-order valence-corrected chi connectivity index (χ2v) is 5.40. The Balaban J connectivity index is 2.74. The topological polar surface area (TPSA) is 37.8 Å². The van der Waals surface area contributed by atoms with E-state index in [4.69, 9.17) is 0 Å². The zero-order valence-corrected chi connectivity index (χ0v) is 10.3. The van der Waals surface area contributed by atoms with Gasteiger partial charge < -0.3 is 5.32 Å². The van der Waals surface area contributed by atoms with Crippen molar-refractivity contribution in [3.05, 3.63) is 5.82 Å². The van der Waals surface area contributed by atoms with Crippen LogP contribution in [-0.2, 0) is 6.18 Å². The number of anilines is 1. The van der Waals surface area contributed by atoms with E-state index >= 15 is 0 Å². The molecule has 7 heteroatoms. The number of nitrogens with one attached hydrogen (secondary N) is 1. The second kappa shape index (κ2) is 4.20. The molecule has 1 atom stereocenters. The fraction of sp³-hybridized carbons (Fsp3) is 0.778. The van der Waals surface area contributed by atoms with Crippen molar-refractivity contribution in [2.75, 3.05) is 5.32 Å². The van der Waals surface area contributed by atoms with Gasteiger partial charge in [0.25, 0.3) is 0 Å². The predicted octanol–water partition coefficient (Wildman–Crippen LogP) is 3.40. The SMILES string of the molecule is CC(Nc1nc(C(F)(F)F)ns1)C(C)(C)C. The highest BCUT2D eigenvalue weighted by Gasteiger charge is 2.36. The maximum absolute atomic E-state index is 12.2. The summed E-state index contributed by atoms with van der Waals surface area (Å²) in [6, 6.07) is 0.0153. The lowest BCUT2D eigenvalue weighted by Crippen LogP contribution is -2.30. The van der Waals surface area contributed by atoms with E-state index in [2.05, 4.69) is 14.7 Å². The molecule has 1 rings (SSSR count). The Hall–Kier alpha value is -0.850. The number of hydrogen-bond donors (Lipinski definition) is 1. The van der Waals surface area contributed by atoms with E-state index in [1.54, 1.807) is 0 Å². The van der Waals surface area contributed by atoms with Crippen molar-refractivity contribution in [3.8, 4) is 0 Å². The molecule has 3 nitrogen and oxygen atoms in total. The lowest BCUT2D eigenvalue weighted by molar-refractivity contribution is -0.144. The molecule has 0 aliphatic carbocycles. The zero-order chi connectivity index (χ0) is 12.6. The third-order valence-corrected chi connectivity index (χ3v) is 2.96. The molecule has 92 valence electrons. The van der Waals surface area contributed by atoms with Crippen molar-refractivity contribution in [2.45, 2.75) is 39.9 Å². The van der Waals surface area contributed by atoms with Crippen molar-refractivity contribution in [3.63, 3.8) is 0 Å². The lowest BCUT2D eigenvalue weighted by Gasteiger charge is -2.27. The number of halogens is 3. The highest BCUT2D eigenvalue weighted by Crippen LogP contribution is 2.30. The molecule has 1 aromatic rings. The molecule has 1 unspecified atom stereocenters. The van der Waals surface area contributed by atoms with Gasteiger partial charge in [-0.05, 0) is 12.3 Å². The Morgan fingerprint density at radius 3 is 2.19 bits per heavy atom. The van der Waals surface area contributed by atoms with Gasteiger partial charge in [0.15, 0.2) is 0 Å². The highest BCUT2D eigenvalue weighted by molar-refractivity contribution is 7.09. The molecule has 0 spiro atoms. The normalized spacial score (nSPS) is 14.9. The molecule has 0 aromatic carbocycles. The van der Waals surface area contributed by atoms with Crippen LogP contribution >= 0.6 is 11.5 Å². The van der Waals surface area contributed by atoms with Crippen molar-refractivity contribution in [1.29, 1.82) is 0 Å². The summed E-state index contributed by atoms with van der Waals surface area (Å²) in [6.45, 7) is 7.89. The summed E-state index contributed by atoms with van der Waals surface area (Å²) in [7, 11) is 0. The quantitative estimate of drug-likeness (QED) is 0.877. The Morgan fingerprint density at radius 1 is 1.25 bits per heavy atom. The Labute approximate surface area is 96.3 Å². The first-order chi connectivity index (χ1) is 7.10. The van der Waals surface area contributed by atoms with Gasteiger partial charge in [0, 0.05) is 17.6 Å². The van der Waals surface area contributed by atoms with Crippen molar-refractivity contribution < 1.29 is 13.2 Å². The fourth-order valence-corrected chi connectivity index (χ4v) is 1.47. The van der Waals surface area contributed by atoms with E-state index in [0.29, 0.717) is 0 Å². The van der Waals surface area contributed by atoms with E-state index in [1.807, 2.05) is 27.7 Å². The highest BCUT2D eigenvalue weighted by atomic mass is 32.1. The number of aromatic nitrogens is 2. The summed E-state index contributed by atoms with van der Waals surface area (Å²) >= 11 is 0.729. The van der Waals surface area contributed by atoms with Gasteiger partial charge in [-0.15, -0.1) is 0 Å². The van der Waals surface area contributed by atoms with Crippen LogP contribution in [-0.4, -0.2) is 15.4 Å². The summed E-state index contributed by atoms with van der Waals surface area (Å²) in [5.74, 6) is -1.08. The number of nitrogens with zero attached hydrogens (tertiary/aromatic N) is 2. The Kier molecular flexibility index (Phi) is 3.47. The van der Waals surface area contributed by atoms with E-state index in [0.717, 1.165) is 11.5 Å². The first-order valence-electron chi connectivity index (χ1n) is 4.78. The zero-order valence-electron chi connectivity index (χ0n) is 9.51. The largest absolute Gasteiger partial charge is 0.452 e. The maximum Gasteiger partial charge on any atom is 0.452 e. The van der Waals surface area contributed by atoms with Crippen molar-refractivity contribution in [1.82, 2.24) is 9.36 Å². The summed E-state index contributed by atoms with van der Waals surface area (Å²) in [5, 5.41) is 3.12. The van der Waals surface area contributed by atoms with Crippen LogP contribution in [0.2, 0.25) is 0 Å². The van der Waals surface area contributed by atoms with E-state index < -0.39 is 12.0 Å². The fourth-order valence-electron chi connectivity index (χ4n) is 0.799. The molecular weight excluding hydrogens is 239 g/mol. The third-order valence-electron chi connectivity index (χ3n) is 2.32. The average molecular weight is 253 g/mol. The number of alkyl halides is 3. The number of hydrogen-bond acceptors (Lipinski definition) is 4. The van der Waals surface area contributed by atoms with Crippen LogP contribution in [0.4, 0.5) is 18.3 Å². The van der Waals surface area contributed by atoms with E-state index in [-0.39, 0.29) is 16.6 Å². The first kappa shape index (κ1) is 13.2. The van der Waals surface area contributed by atoms with Crippen molar-refractivity contribution in [2.24, 2.45) is 5.41 Å². The molecule has 0 saturated carbocycles. The molecule has 0 radical (unpaired) electrons. The number of rotatable bonds is 2. The van der Waals surface area contributed by atoms with Gasteiger partial charge in [0.2, 0.25) is 11.0 Å². The first-order valence-corrected chi connectivity index (χ1v) is 5.55. The lowest BCUT2D eigenvalue weighted by atomic mass is 9.88. The molecule has 0 bridgehead atoms. The smallest absolute Gasteiger partial charge is 0.357 e. The maximum atomic E-state index is 12.2. The van der Waals surface area contributed by atoms with Gasteiger partial charge >= 0.3 is 6.18 Å². The third kappa shape index (κ3) is 3.33. The standard InChI is InChI=1S/C9H14F3N3S/c1-5(8(2,3)4)13-7-14-6(15-16-7)9(10,11)12/h5H,1-4H3,(H,13,14,15). The Morgan fingerprint density at radius 2 is 1.81 bits per heavy atom. The van der Waals surface area contributed by atoms with Crippen LogP contribution in [0.25, 0.3) is 0 Å². The van der Waals surface area contributed by atoms with Gasteiger partial charge in [0.1, 0.15) is 0 Å². The minimum absolute atomic E-state index is 0.0153. The molecule has 1 aromatic heterocycles. The van der Waals surface area contributed by atoms with Gasteiger partial charge in [-0.1, -0.05) is 20.8 Å². The minimum atomic E-state index is -4.47. The summed E-state index contributed by atoms with van der Waals surface area (Å²) in [4.78, 5) is 3.41. The van der Waals surface area contributed by atoms with Gasteiger partial charge in [0.05, 0.1) is 0 Å². The Bertz CT molecular complexity index is 354. The van der Waals surface area contributed by atoms with Crippen LogP contribution in [0.1, 0.15) is 33.5 Å². The molecular formula is C9H14F3N3S. The summed E-state index contributed by atoms with van der Waals surface area (Å²) in [5.41, 5.74) is -0.0515. The summed E-state index contributed by atoms with van der Waals surface area (Å²) < 4.78 is 39.9. The molecule has 0 aliphatic rings. The van der Waals surface area contributed by atoms with Crippen LogP contribution in [0.5, 0.6) is 0 Å². The predicted molar refractivity (Wildman–Crippen MR) is 57.5 cm³/mol. The van der Waals surface area contributed by atoms with Gasteiger partial charge in [-0.2, -0.15) is 22.5 Å².